The fourth-order valence-corrected chi connectivity index (χ4v) is 1.17. The third-order valence-electron chi connectivity index (χ3n) is 1.60. The summed E-state index contributed by atoms with van der Waals surface area (Å²) in [7, 11) is 2.36. The van der Waals surface area contributed by atoms with Crippen molar-refractivity contribution in [2.75, 3.05) is 0 Å². The lowest BCUT2D eigenvalue weighted by molar-refractivity contribution is 0.570. The van der Waals surface area contributed by atoms with Gasteiger partial charge in [0.25, 0.3) is 0 Å². The fraction of sp³-hybridized carbons (Fsp3) is 0.333. The van der Waals surface area contributed by atoms with E-state index in [2.05, 4.69) is 21.1 Å². The van der Waals surface area contributed by atoms with Crippen molar-refractivity contribution in [3.63, 3.8) is 0 Å². The van der Waals surface area contributed by atoms with Gasteiger partial charge < -0.3 is 0 Å². The van der Waals surface area contributed by atoms with Gasteiger partial charge in [0, 0.05) is 10.7 Å². The Hall–Kier alpha value is -0.860. The van der Waals surface area contributed by atoms with Crippen molar-refractivity contribution in [1.29, 1.82) is 0 Å². The summed E-state index contributed by atoms with van der Waals surface area (Å²) in [6.45, 7) is 6.01. The molecule has 0 aromatic heterocycles. The Kier molecular flexibility index (Phi) is 3.29. The van der Waals surface area contributed by atoms with E-state index in [1.165, 1.54) is 0 Å². The molecule has 1 unspecified atom stereocenters. The zero-order valence-electron chi connectivity index (χ0n) is 8.69. The highest BCUT2D eigenvalue weighted by atomic mass is 31.0. The quantitative estimate of drug-likeness (QED) is 0.454. The molecule has 0 saturated carbocycles. The monoisotopic (exact) mass is 208 g/mol. The van der Waals surface area contributed by atoms with Gasteiger partial charge in [0.05, 0.1) is 5.56 Å². The topological polar surface area (TPSA) is 0 Å². The minimum Gasteiger partial charge on any atom is -0.205 e. The summed E-state index contributed by atoms with van der Waals surface area (Å²) in [5, 5.41) is 0.561. The molecule has 2 heteroatoms. The standard InChI is InChI=1S/C12H14FP/c1-12(2,3)8-7-9-5-4-6-10(14)11(9)13/h4-6H,14H2,1-3H3. The van der Waals surface area contributed by atoms with Gasteiger partial charge in [0.1, 0.15) is 5.82 Å². The molecular weight excluding hydrogens is 194 g/mol. The van der Waals surface area contributed by atoms with Crippen LogP contribution in [-0.2, 0) is 0 Å². The van der Waals surface area contributed by atoms with Crippen LogP contribution in [0.4, 0.5) is 4.39 Å². The molecule has 1 aromatic rings. The largest absolute Gasteiger partial charge is 0.205 e. The lowest BCUT2D eigenvalue weighted by Crippen LogP contribution is -2.02. The first-order valence-electron chi connectivity index (χ1n) is 4.47. The molecule has 1 aromatic carbocycles. The average molecular weight is 208 g/mol. The minimum absolute atomic E-state index is 0.0939. The molecule has 0 aliphatic heterocycles. The second-order valence-corrected chi connectivity index (χ2v) is 4.83. The molecule has 0 radical (unpaired) electrons. The van der Waals surface area contributed by atoms with E-state index in [4.69, 9.17) is 0 Å². The molecule has 0 nitrogen and oxygen atoms in total. The van der Waals surface area contributed by atoms with Gasteiger partial charge >= 0.3 is 0 Å². The van der Waals surface area contributed by atoms with E-state index in [0.29, 0.717) is 10.9 Å². The van der Waals surface area contributed by atoms with Crippen LogP contribution < -0.4 is 5.30 Å². The third-order valence-corrected chi connectivity index (χ3v) is 2.05. The van der Waals surface area contributed by atoms with Gasteiger partial charge in [-0.15, -0.1) is 9.24 Å². The molecule has 0 N–H and O–H groups in total. The predicted molar refractivity (Wildman–Crippen MR) is 62.1 cm³/mol. The zero-order chi connectivity index (χ0) is 10.8. The van der Waals surface area contributed by atoms with Crippen molar-refractivity contribution in [3.05, 3.63) is 29.6 Å². The van der Waals surface area contributed by atoms with Gasteiger partial charge in [-0.2, -0.15) is 0 Å². The summed E-state index contributed by atoms with van der Waals surface area (Å²) in [4.78, 5) is 0. The van der Waals surface area contributed by atoms with Gasteiger partial charge in [0.2, 0.25) is 0 Å². The molecule has 0 aliphatic carbocycles. The molecule has 0 saturated heterocycles. The lowest BCUT2D eigenvalue weighted by Gasteiger charge is -2.07. The SMILES string of the molecule is CC(C)(C)C#Cc1cccc(P)c1F. The van der Waals surface area contributed by atoms with Crippen molar-refractivity contribution >= 4 is 14.5 Å². The Morgan fingerprint density at radius 1 is 1.29 bits per heavy atom. The molecule has 74 valence electrons. The predicted octanol–water partition coefficient (Wildman–Crippen LogP) is 2.72. The van der Waals surface area contributed by atoms with Crippen LogP contribution in [-0.4, -0.2) is 0 Å². The number of halogens is 1. The Morgan fingerprint density at radius 3 is 2.50 bits per heavy atom. The van der Waals surface area contributed by atoms with Crippen molar-refractivity contribution in [2.45, 2.75) is 20.8 Å². The first-order valence-corrected chi connectivity index (χ1v) is 5.05. The van der Waals surface area contributed by atoms with E-state index in [-0.39, 0.29) is 11.2 Å². The van der Waals surface area contributed by atoms with E-state index in [9.17, 15) is 4.39 Å². The second kappa shape index (κ2) is 4.11. The zero-order valence-corrected chi connectivity index (χ0v) is 9.84. The van der Waals surface area contributed by atoms with Gasteiger partial charge in [0.15, 0.2) is 0 Å². The van der Waals surface area contributed by atoms with Crippen molar-refractivity contribution in [3.8, 4) is 11.8 Å². The van der Waals surface area contributed by atoms with E-state index in [1.807, 2.05) is 20.8 Å². The van der Waals surface area contributed by atoms with Crippen LogP contribution in [0.5, 0.6) is 0 Å². The average Bonchev–Trinajstić information content (AvgIpc) is 2.06. The van der Waals surface area contributed by atoms with E-state index >= 15 is 0 Å². The van der Waals surface area contributed by atoms with Gasteiger partial charge in [-0.25, -0.2) is 4.39 Å². The van der Waals surface area contributed by atoms with Crippen LogP contribution in [0.1, 0.15) is 26.3 Å². The number of rotatable bonds is 0. The summed E-state index contributed by atoms with van der Waals surface area (Å²) >= 11 is 0. The van der Waals surface area contributed by atoms with Crippen molar-refractivity contribution in [1.82, 2.24) is 0 Å². The fourth-order valence-electron chi connectivity index (χ4n) is 0.901. The van der Waals surface area contributed by atoms with E-state index in [0.717, 1.165) is 0 Å². The second-order valence-electron chi connectivity index (χ2n) is 4.21. The maximum Gasteiger partial charge on any atom is 0.145 e. The van der Waals surface area contributed by atoms with Crippen LogP contribution in [0.25, 0.3) is 0 Å². The minimum atomic E-state index is -0.241. The van der Waals surface area contributed by atoms with Gasteiger partial charge in [-0.05, 0) is 26.8 Å². The highest BCUT2D eigenvalue weighted by Gasteiger charge is 2.05. The molecule has 0 fully saturated rings. The molecule has 14 heavy (non-hydrogen) atoms. The number of hydrogen-bond donors (Lipinski definition) is 0. The smallest absolute Gasteiger partial charge is 0.145 e. The highest BCUT2D eigenvalue weighted by Crippen LogP contribution is 2.12. The van der Waals surface area contributed by atoms with Crippen molar-refractivity contribution in [2.24, 2.45) is 5.41 Å². The third kappa shape index (κ3) is 3.13. The Morgan fingerprint density at radius 2 is 1.93 bits per heavy atom. The first-order chi connectivity index (χ1) is 6.40. The molecule has 0 amide bonds. The van der Waals surface area contributed by atoms with Gasteiger partial charge in [-0.3, -0.25) is 0 Å². The summed E-state index contributed by atoms with van der Waals surface area (Å²) in [6.07, 6.45) is 0. The van der Waals surface area contributed by atoms with Crippen LogP contribution >= 0.6 is 9.24 Å². The molecule has 0 bridgehead atoms. The van der Waals surface area contributed by atoms with Crippen LogP contribution in [0.2, 0.25) is 0 Å². The molecule has 1 rings (SSSR count). The normalized spacial score (nSPS) is 10.6. The number of benzene rings is 1. The lowest BCUT2D eigenvalue weighted by atomic mass is 9.97. The highest BCUT2D eigenvalue weighted by molar-refractivity contribution is 7.27. The van der Waals surface area contributed by atoms with E-state index in [1.54, 1.807) is 18.2 Å². The maximum absolute atomic E-state index is 13.5. The number of hydrogen-bond acceptors (Lipinski definition) is 0. The Bertz CT molecular complexity index is 391. The van der Waals surface area contributed by atoms with Crippen LogP contribution in [0.15, 0.2) is 18.2 Å². The van der Waals surface area contributed by atoms with Crippen molar-refractivity contribution < 1.29 is 4.39 Å². The molecule has 1 atom stereocenters. The van der Waals surface area contributed by atoms with Crippen LogP contribution in [0.3, 0.4) is 0 Å². The summed E-state index contributed by atoms with van der Waals surface area (Å²) in [6, 6.07) is 5.21. The summed E-state index contributed by atoms with van der Waals surface area (Å²) in [5.41, 5.74) is 0.371. The Labute approximate surface area is 87.1 Å². The molecule has 0 spiro atoms. The first kappa shape index (κ1) is 11.2. The summed E-state index contributed by atoms with van der Waals surface area (Å²) in [5.74, 6) is 5.62. The molecular formula is C12H14FP. The van der Waals surface area contributed by atoms with Crippen LogP contribution in [0, 0.1) is 23.1 Å². The van der Waals surface area contributed by atoms with E-state index < -0.39 is 0 Å². The Balaban J connectivity index is 3.08. The van der Waals surface area contributed by atoms with Gasteiger partial charge in [-0.1, -0.05) is 24.0 Å². The summed E-state index contributed by atoms with van der Waals surface area (Å²) < 4.78 is 13.5. The maximum atomic E-state index is 13.5. The molecule has 0 heterocycles. The molecule has 0 aliphatic rings.